The Kier molecular flexibility index (Phi) is 11.6. The van der Waals surface area contributed by atoms with Crippen LogP contribution < -0.4 is 14.4 Å². The van der Waals surface area contributed by atoms with Crippen LogP contribution in [0.1, 0.15) is 79.2 Å². The number of benzene rings is 3. The normalized spacial score (nSPS) is 21.8. The van der Waals surface area contributed by atoms with Gasteiger partial charge in [0.2, 0.25) is 0 Å². The topological polar surface area (TPSA) is 100 Å². The minimum atomic E-state index is -2.14. The van der Waals surface area contributed by atoms with Crippen molar-refractivity contribution in [2.24, 2.45) is 0 Å². The second-order valence-electron chi connectivity index (χ2n) is 18.3. The number of piperazine rings is 1. The Labute approximate surface area is 359 Å². The Morgan fingerprint density at radius 3 is 2.45 bits per heavy atom. The molecule has 13 heteroatoms. The molecule has 1 amide bonds. The summed E-state index contributed by atoms with van der Waals surface area (Å²) in [7, 11) is -0.582. The monoisotopic (exact) mass is 853 g/mol. The summed E-state index contributed by atoms with van der Waals surface area (Å²) in [5.74, 6) is 4.00. The highest BCUT2D eigenvalue weighted by Crippen LogP contribution is 2.46. The van der Waals surface area contributed by atoms with Crippen molar-refractivity contribution < 1.29 is 28.5 Å². The summed E-state index contributed by atoms with van der Waals surface area (Å²) in [5.41, 5.74) is 7.69. The van der Waals surface area contributed by atoms with E-state index in [0.717, 1.165) is 61.5 Å². The lowest BCUT2D eigenvalue weighted by molar-refractivity contribution is 0.0512. The lowest BCUT2D eigenvalue weighted by Gasteiger charge is -2.40. The van der Waals surface area contributed by atoms with Crippen molar-refractivity contribution in [3.63, 3.8) is 0 Å². The van der Waals surface area contributed by atoms with Gasteiger partial charge in [-0.15, -0.1) is 5.54 Å². The largest absolute Gasteiger partial charge is 0.468 e. The molecule has 4 aromatic rings. The summed E-state index contributed by atoms with van der Waals surface area (Å²) in [6.45, 7) is 21.0. The first kappa shape index (κ1) is 42.3. The minimum Gasteiger partial charge on any atom is -0.468 e. The number of anilines is 1. The lowest BCUT2D eigenvalue weighted by Crippen LogP contribution is -2.55. The van der Waals surface area contributed by atoms with Gasteiger partial charge in [0.05, 0.1) is 22.6 Å². The summed E-state index contributed by atoms with van der Waals surface area (Å²) in [6, 6.07) is 11.1. The number of aromatic nitrogens is 2. The number of carbonyl (C=O) groups is 1. The smallest absolute Gasteiger partial charge is 0.407 e. The van der Waals surface area contributed by atoms with Gasteiger partial charge in [0.1, 0.15) is 31.8 Å². The molecule has 0 radical (unpaired) electrons. The van der Waals surface area contributed by atoms with Crippen molar-refractivity contribution in [3.05, 3.63) is 65.0 Å². The SMILES string of the molecule is C=C1CN2CCCC2(COc2nc(N3C[C@H]4CC[C@@H](C3)N4C(=O)O)c3cc(Cl)c(-c4cc(OCOC)cc5cccc(C#C[Si](C(C)C)(C(C)C)C(C)C)c45)c(F)c3n2)C1. The van der Waals surface area contributed by atoms with E-state index in [1.165, 1.54) is 5.57 Å². The van der Waals surface area contributed by atoms with Crippen LogP contribution in [-0.4, -0.2) is 103 Å². The predicted octanol–water partition coefficient (Wildman–Crippen LogP) is 10.3. The third-order valence-corrected chi connectivity index (χ3v) is 20.5. The van der Waals surface area contributed by atoms with Gasteiger partial charge in [-0.2, -0.15) is 9.97 Å². The molecular weight excluding hydrogens is 797 g/mol. The molecule has 0 saturated carbocycles. The number of ether oxygens (including phenoxy) is 3. The molecule has 60 heavy (non-hydrogen) atoms. The predicted molar refractivity (Wildman–Crippen MR) is 240 cm³/mol. The number of hydrogen-bond donors (Lipinski definition) is 1. The summed E-state index contributed by atoms with van der Waals surface area (Å²) in [4.78, 5) is 28.1. The molecule has 1 N–H and O–H groups in total. The second-order valence-corrected chi connectivity index (χ2v) is 24.3. The van der Waals surface area contributed by atoms with Crippen molar-refractivity contribution in [2.45, 2.75) is 108 Å². The number of methoxy groups -OCH3 is 1. The molecule has 4 aliphatic heterocycles. The van der Waals surface area contributed by atoms with Crippen molar-refractivity contribution in [2.75, 3.05) is 51.6 Å². The fourth-order valence-electron chi connectivity index (χ4n) is 11.3. The molecule has 4 fully saturated rings. The maximum atomic E-state index is 18.0. The highest BCUT2D eigenvalue weighted by atomic mass is 35.5. The molecule has 2 bridgehead atoms. The van der Waals surface area contributed by atoms with Crippen LogP contribution in [0.4, 0.5) is 15.0 Å². The molecule has 8 rings (SSSR count). The Hall–Kier alpha value is -4.41. The number of fused-ring (bicyclic) bond motifs is 5. The van der Waals surface area contributed by atoms with Crippen molar-refractivity contribution in [1.29, 1.82) is 0 Å². The molecule has 318 valence electrons. The van der Waals surface area contributed by atoms with E-state index >= 15 is 4.39 Å². The number of nitrogens with zero attached hydrogens (tertiary/aromatic N) is 5. The Bertz CT molecular complexity index is 2380. The highest BCUT2D eigenvalue weighted by Gasteiger charge is 2.47. The molecule has 0 spiro atoms. The number of rotatable bonds is 11. The van der Waals surface area contributed by atoms with Gasteiger partial charge in [0, 0.05) is 48.6 Å². The maximum Gasteiger partial charge on any atom is 0.407 e. The van der Waals surface area contributed by atoms with Crippen molar-refractivity contribution >= 4 is 53.3 Å². The number of halogens is 2. The summed E-state index contributed by atoms with van der Waals surface area (Å²) < 4.78 is 35.8. The van der Waals surface area contributed by atoms with E-state index in [9.17, 15) is 9.90 Å². The van der Waals surface area contributed by atoms with Crippen LogP contribution in [0, 0.1) is 17.3 Å². The van der Waals surface area contributed by atoms with Crippen molar-refractivity contribution in [1.82, 2.24) is 19.8 Å². The van der Waals surface area contributed by atoms with Crippen LogP contribution in [0.15, 0.2) is 48.6 Å². The molecule has 10 nitrogen and oxygen atoms in total. The van der Waals surface area contributed by atoms with Crippen LogP contribution >= 0.6 is 11.6 Å². The number of carboxylic acid groups (broad SMARTS) is 1. The summed E-state index contributed by atoms with van der Waals surface area (Å²) >= 11 is 7.29. The van der Waals surface area contributed by atoms with E-state index in [1.54, 1.807) is 18.1 Å². The first-order valence-electron chi connectivity index (χ1n) is 21.4. The Morgan fingerprint density at radius 2 is 1.78 bits per heavy atom. The van der Waals surface area contributed by atoms with Gasteiger partial charge in [-0.25, -0.2) is 9.18 Å². The van der Waals surface area contributed by atoms with Gasteiger partial charge < -0.3 is 24.2 Å². The molecule has 5 heterocycles. The van der Waals surface area contributed by atoms with E-state index in [2.05, 4.69) is 69.4 Å². The second kappa shape index (κ2) is 16.5. The average Bonchev–Trinajstić information content (AvgIpc) is 3.82. The van der Waals surface area contributed by atoms with E-state index < -0.39 is 20.0 Å². The molecule has 4 aliphatic rings. The number of amides is 1. The van der Waals surface area contributed by atoms with Gasteiger partial charge in [-0.05, 0) is 90.5 Å². The zero-order valence-electron chi connectivity index (χ0n) is 35.9. The van der Waals surface area contributed by atoms with Crippen LogP contribution in [0.3, 0.4) is 0 Å². The van der Waals surface area contributed by atoms with Gasteiger partial charge in [-0.1, -0.05) is 83.3 Å². The molecule has 3 atom stereocenters. The molecular formula is C47H57ClFN5O5Si. The zero-order chi connectivity index (χ0) is 42.7. The maximum absolute atomic E-state index is 18.0. The van der Waals surface area contributed by atoms with E-state index in [0.29, 0.717) is 58.8 Å². The fourth-order valence-corrected chi connectivity index (χ4v) is 16.8. The average molecular weight is 855 g/mol. The van der Waals surface area contributed by atoms with Crippen molar-refractivity contribution in [3.8, 4) is 34.4 Å². The third-order valence-electron chi connectivity index (χ3n) is 13.9. The highest BCUT2D eigenvalue weighted by molar-refractivity contribution is 6.90. The van der Waals surface area contributed by atoms with Gasteiger partial charge >= 0.3 is 12.1 Å². The molecule has 4 saturated heterocycles. The Balaban J connectivity index is 1.32. The van der Waals surface area contributed by atoms with Crippen LogP contribution in [0.25, 0.3) is 32.8 Å². The van der Waals surface area contributed by atoms with Crippen LogP contribution in [0.2, 0.25) is 21.6 Å². The van der Waals surface area contributed by atoms with E-state index in [1.807, 2.05) is 30.3 Å². The standard InChI is InChI=1S/C47H57ClFN5O5Si/c1-28(2)60(29(3)4,30(5)6)18-15-32-11-9-12-33-19-36(59-27-57-8)20-37(40(32)33)41-39(48)21-38-43(42(41)49)50-45(58-26-47-16-10-17-53(47)23-31(7)22-47)51-44(38)52-24-34-13-14-35(25-52)54(34)46(55)56/h9,11-12,19-21,28-30,34-35H,7,10,13-14,16-17,22-27H2,1-6,8H3,(H,55,56)/t34-,35+,47?. The molecule has 1 unspecified atom stereocenters. The van der Waals surface area contributed by atoms with E-state index in [-0.39, 0.29) is 46.5 Å². The van der Waals surface area contributed by atoms with Crippen LogP contribution in [0.5, 0.6) is 11.8 Å². The molecule has 1 aromatic heterocycles. The first-order chi connectivity index (χ1) is 28.7. The molecule has 3 aromatic carbocycles. The van der Waals surface area contributed by atoms with Crippen LogP contribution in [-0.2, 0) is 4.74 Å². The minimum absolute atomic E-state index is 0.00431. The zero-order valence-corrected chi connectivity index (χ0v) is 37.7. The first-order valence-corrected chi connectivity index (χ1v) is 24.0. The fraction of sp³-hybridized carbons (Fsp3) is 0.511. The van der Waals surface area contributed by atoms with Gasteiger partial charge in [0.25, 0.3) is 0 Å². The van der Waals surface area contributed by atoms with Gasteiger partial charge in [0.15, 0.2) is 12.6 Å². The Morgan fingerprint density at radius 1 is 1.07 bits per heavy atom. The third kappa shape index (κ3) is 7.29. The summed E-state index contributed by atoms with van der Waals surface area (Å²) in [5, 5.41) is 12.2. The molecule has 0 aliphatic carbocycles. The van der Waals surface area contributed by atoms with Gasteiger partial charge in [-0.3, -0.25) is 9.80 Å². The quantitative estimate of drug-likeness (QED) is 0.0684. The summed E-state index contributed by atoms with van der Waals surface area (Å²) in [6.07, 6.45) is 3.44. The number of hydrogen-bond acceptors (Lipinski definition) is 8. The lowest BCUT2D eigenvalue weighted by atomic mass is 9.93. The van der Waals surface area contributed by atoms with E-state index in [4.69, 9.17) is 35.8 Å².